The van der Waals surface area contributed by atoms with E-state index >= 15 is 0 Å². The van der Waals surface area contributed by atoms with E-state index < -0.39 is 5.54 Å². The lowest BCUT2D eigenvalue weighted by Gasteiger charge is -2.29. The maximum Gasteiger partial charge on any atom is 0.122 e. The summed E-state index contributed by atoms with van der Waals surface area (Å²) in [4.78, 5) is 0. The topological polar surface area (TPSA) is 75.7 Å². The first kappa shape index (κ1) is 15.3. The minimum absolute atomic E-state index is 0.0543. The van der Waals surface area contributed by atoms with E-state index in [-0.39, 0.29) is 13.2 Å². The highest BCUT2D eigenvalue weighted by atomic mass is 16.5. The summed E-state index contributed by atoms with van der Waals surface area (Å²) < 4.78 is 5.84. The van der Waals surface area contributed by atoms with E-state index in [1.807, 2.05) is 24.3 Å². The minimum atomic E-state index is -0.423. The Morgan fingerprint density at radius 3 is 2.85 bits per heavy atom. The molecule has 0 aliphatic heterocycles. The Labute approximate surface area is 120 Å². The number of nitrogens with two attached hydrogens (primary N) is 1. The van der Waals surface area contributed by atoms with Crippen molar-refractivity contribution in [2.24, 2.45) is 11.7 Å². The normalized spacial score (nSPS) is 25.9. The molecule has 0 amide bonds. The zero-order chi connectivity index (χ0) is 14.4. The maximum atomic E-state index is 9.43. The largest absolute Gasteiger partial charge is 0.493 e. The molecule has 1 fully saturated rings. The lowest BCUT2D eigenvalue weighted by atomic mass is 9.87. The minimum Gasteiger partial charge on any atom is -0.493 e. The quantitative estimate of drug-likeness (QED) is 0.706. The Morgan fingerprint density at radius 2 is 2.10 bits per heavy atom. The van der Waals surface area contributed by atoms with Gasteiger partial charge in [0.15, 0.2) is 0 Å². The van der Waals surface area contributed by atoms with Crippen LogP contribution >= 0.6 is 0 Å². The average Bonchev–Trinajstić information content (AvgIpc) is 2.83. The molecule has 0 bridgehead atoms. The van der Waals surface area contributed by atoms with Crippen LogP contribution in [0.1, 0.15) is 31.2 Å². The molecule has 1 aromatic carbocycles. The van der Waals surface area contributed by atoms with Crippen molar-refractivity contribution in [3.05, 3.63) is 29.8 Å². The van der Waals surface area contributed by atoms with Gasteiger partial charge in [0, 0.05) is 12.1 Å². The number of rotatable bonds is 7. The van der Waals surface area contributed by atoms with Crippen LogP contribution in [0, 0.1) is 5.92 Å². The third kappa shape index (κ3) is 3.51. The summed E-state index contributed by atoms with van der Waals surface area (Å²) in [5.41, 5.74) is 6.83. The average molecular weight is 279 g/mol. The van der Waals surface area contributed by atoms with Crippen molar-refractivity contribution >= 4 is 0 Å². The molecule has 112 valence electrons. The maximum absolute atomic E-state index is 9.43. The van der Waals surface area contributed by atoms with Gasteiger partial charge in [-0.15, -0.1) is 0 Å². The third-order valence-electron chi connectivity index (χ3n) is 4.38. The van der Waals surface area contributed by atoms with Crippen LogP contribution in [0.5, 0.6) is 5.75 Å². The molecule has 0 heterocycles. The molecule has 1 saturated carbocycles. The summed E-state index contributed by atoms with van der Waals surface area (Å²) in [5.74, 6) is 1.17. The fraction of sp³-hybridized carbons (Fsp3) is 0.625. The van der Waals surface area contributed by atoms with Gasteiger partial charge in [0.05, 0.1) is 13.2 Å². The van der Waals surface area contributed by atoms with E-state index in [9.17, 15) is 5.11 Å². The first-order chi connectivity index (χ1) is 9.69. The molecule has 2 atom stereocenters. The molecule has 0 spiro atoms. The second-order valence-corrected chi connectivity index (χ2v) is 5.70. The molecule has 4 N–H and O–H groups in total. The van der Waals surface area contributed by atoms with Gasteiger partial charge in [-0.1, -0.05) is 24.6 Å². The van der Waals surface area contributed by atoms with Gasteiger partial charge >= 0.3 is 0 Å². The van der Waals surface area contributed by atoms with Gasteiger partial charge in [0.2, 0.25) is 0 Å². The van der Waals surface area contributed by atoms with Crippen molar-refractivity contribution in [1.82, 2.24) is 0 Å². The van der Waals surface area contributed by atoms with E-state index in [2.05, 4.69) is 0 Å². The molecule has 0 radical (unpaired) electrons. The molecule has 2 unspecified atom stereocenters. The Hall–Kier alpha value is -1.10. The lowest BCUT2D eigenvalue weighted by Crippen LogP contribution is -2.47. The van der Waals surface area contributed by atoms with Crippen LogP contribution < -0.4 is 10.5 Å². The van der Waals surface area contributed by atoms with Crippen LogP contribution in [0.25, 0.3) is 0 Å². The highest BCUT2D eigenvalue weighted by molar-refractivity contribution is 5.33. The molecule has 20 heavy (non-hydrogen) atoms. The summed E-state index contributed by atoms with van der Waals surface area (Å²) >= 11 is 0. The molecule has 4 nitrogen and oxygen atoms in total. The number of ether oxygens (including phenoxy) is 1. The number of para-hydroxylation sites is 1. The van der Waals surface area contributed by atoms with E-state index in [1.54, 1.807) is 0 Å². The van der Waals surface area contributed by atoms with Gasteiger partial charge in [-0.2, -0.15) is 0 Å². The Kier molecular flexibility index (Phi) is 5.40. The van der Waals surface area contributed by atoms with Crippen LogP contribution in [0.3, 0.4) is 0 Å². The first-order valence-electron chi connectivity index (χ1n) is 7.41. The van der Waals surface area contributed by atoms with Crippen molar-refractivity contribution in [2.75, 3.05) is 19.8 Å². The predicted molar refractivity (Wildman–Crippen MR) is 78.7 cm³/mol. The van der Waals surface area contributed by atoms with E-state index in [4.69, 9.17) is 15.6 Å². The van der Waals surface area contributed by atoms with Gasteiger partial charge in [0.1, 0.15) is 5.75 Å². The fourth-order valence-corrected chi connectivity index (χ4v) is 3.09. The summed E-state index contributed by atoms with van der Waals surface area (Å²) in [6.45, 7) is 0.782. The van der Waals surface area contributed by atoms with Gasteiger partial charge in [-0.05, 0) is 43.2 Å². The number of hydrogen-bond acceptors (Lipinski definition) is 4. The van der Waals surface area contributed by atoms with Crippen molar-refractivity contribution < 1.29 is 14.9 Å². The second kappa shape index (κ2) is 7.07. The molecule has 0 saturated heterocycles. The Balaban J connectivity index is 1.87. The zero-order valence-corrected chi connectivity index (χ0v) is 11.9. The summed E-state index contributed by atoms with van der Waals surface area (Å²) in [5, 5.41) is 18.5. The number of hydrogen-bond donors (Lipinski definition) is 3. The smallest absolute Gasteiger partial charge is 0.122 e. The molecule has 1 aliphatic rings. The SMILES string of the molecule is NC1(CO)CCCC1CCOc1ccccc1CCO. The van der Waals surface area contributed by atoms with Crippen molar-refractivity contribution in [3.8, 4) is 5.75 Å². The highest BCUT2D eigenvalue weighted by Crippen LogP contribution is 2.35. The molecule has 0 aromatic heterocycles. The standard InChI is InChI=1S/C16H25NO3/c17-16(12-19)9-3-5-14(16)8-11-20-15-6-2-1-4-13(15)7-10-18/h1-2,4,6,14,18-19H,3,5,7-12,17H2. The van der Waals surface area contributed by atoms with Crippen LogP contribution in [-0.4, -0.2) is 35.6 Å². The van der Waals surface area contributed by atoms with Gasteiger partial charge in [0.25, 0.3) is 0 Å². The number of benzene rings is 1. The molecular weight excluding hydrogens is 254 g/mol. The number of aliphatic hydroxyl groups excluding tert-OH is 2. The van der Waals surface area contributed by atoms with Gasteiger partial charge in [-0.25, -0.2) is 0 Å². The van der Waals surface area contributed by atoms with Gasteiger partial charge in [-0.3, -0.25) is 0 Å². The molecule has 2 rings (SSSR count). The van der Waals surface area contributed by atoms with E-state index in [1.165, 1.54) is 0 Å². The van der Waals surface area contributed by atoms with Crippen LogP contribution in [-0.2, 0) is 6.42 Å². The summed E-state index contributed by atoms with van der Waals surface area (Å²) in [6, 6.07) is 7.79. The lowest BCUT2D eigenvalue weighted by molar-refractivity contribution is 0.143. The second-order valence-electron chi connectivity index (χ2n) is 5.70. The highest BCUT2D eigenvalue weighted by Gasteiger charge is 2.38. The Bertz CT molecular complexity index is 424. The van der Waals surface area contributed by atoms with Gasteiger partial charge < -0.3 is 20.7 Å². The number of aliphatic hydroxyl groups is 2. The van der Waals surface area contributed by atoms with E-state index in [0.717, 1.165) is 37.0 Å². The predicted octanol–water partition coefficient (Wildman–Crippen LogP) is 1.48. The van der Waals surface area contributed by atoms with Crippen molar-refractivity contribution in [1.29, 1.82) is 0 Å². The molecular formula is C16H25NO3. The van der Waals surface area contributed by atoms with Crippen LogP contribution in [0.4, 0.5) is 0 Å². The third-order valence-corrected chi connectivity index (χ3v) is 4.38. The molecule has 1 aliphatic carbocycles. The molecule has 1 aromatic rings. The first-order valence-corrected chi connectivity index (χ1v) is 7.41. The Morgan fingerprint density at radius 1 is 1.30 bits per heavy atom. The summed E-state index contributed by atoms with van der Waals surface area (Å²) in [7, 11) is 0. The van der Waals surface area contributed by atoms with Crippen molar-refractivity contribution in [2.45, 2.75) is 37.6 Å². The fourth-order valence-electron chi connectivity index (χ4n) is 3.09. The van der Waals surface area contributed by atoms with Crippen molar-refractivity contribution in [3.63, 3.8) is 0 Å². The monoisotopic (exact) mass is 279 g/mol. The van der Waals surface area contributed by atoms with Crippen LogP contribution in [0.15, 0.2) is 24.3 Å². The van der Waals surface area contributed by atoms with Crippen LogP contribution in [0.2, 0.25) is 0 Å². The zero-order valence-electron chi connectivity index (χ0n) is 11.9. The summed E-state index contributed by atoms with van der Waals surface area (Å²) in [6.07, 6.45) is 4.53. The molecule has 4 heteroatoms. The van der Waals surface area contributed by atoms with E-state index in [0.29, 0.717) is 18.9 Å².